The van der Waals surface area contributed by atoms with Crippen LogP contribution in [0, 0.1) is 0 Å². The maximum Gasteiger partial charge on any atom is 0.208 e. The van der Waals surface area contributed by atoms with Crippen LogP contribution in [-0.2, 0) is 13.2 Å². The highest BCUT2D eigenvalue weighted by molar-refractivity contribution is 7.21. The molecule has 0 saturated carbocycles. The first-order valence-corrected chi connectivity index (χ1v) is 11.5. The number of tetrazole rings is 1. The van der Waals surface area contributed by atoms with Gasteiger partial charge in [-0.25, -0.2) is 15.1 Å². The predicted molar refractivity (Wildman–Crippen MR) is 130 cm³/mol. The molecule has 0 aliphatic rings. The van der Waals surface area contributed by atoms with Crippen molar-refractivity contribution in [2.24, 2.45) is 0 Å². The van der Waals surface area contributed by atoms with Gasteiger partial charge >= 0.3 is 0 Å². The summed E-state index contributed by atoms with van der Waals surface area (Å²) in [6, 6.07) is 25.9. The van der Waals surface area contributed by atoms with Gasteiger partial charge < -0.3 is 9.47 Å². The molecule has 0 spiro atoms. The van der Waals surface area contributed by atoms with E-state index in [9.17, 15) is 0 Å². The number of rotatable bonds is 7. The summed E-state index contributed by atoms with van der Waals surface area (Å²) in [5, 5.41) is 15.7. The Morgan fingerprint density at radius 3 is 2.50 bits per heavy atom. The summed E-state index contributed by atoms with van der Waals surface area (Å²) in [5.41, 5.74) is 3.80. The van der Waals surface area contributed by atoms with Crippen molar-refractivity contribution in [2.75, 3.05) is 0 Å². The maximum atomic E-state index is 5.99. The van der Waals surface area contributed by atoms with Crippen molar-refractivity contribution >= 4 is 32.5 Å². The van der Waals surface area contributed by atoms with E-state index in [1.807, 2.05) is 66.7 Å². The highest BCUT2D eigenvalue weighted by atomic mass is 32.1. The lowest BCUT2D eigenvalue weighted by atomic mass is 10.2. The third-order valence-corrected chi connectivity index (χ3v) is 6.30. The largest absolute Gasteiger partial charge is 0.489 e. The van der Waals surface area contributed by atoms with E-state index in [1.165, 1.54) is 11.3 Å². The minimum atomic E-state index is 0.418. The molecule has 0 fully saturated rings. The van der Waals surface area contributed by atoms with Crippen LogP contribution in [0.5, 0.6) is 11.5 Å². The fourth-order valence-electron chi connectivity index (χ4n) is 3.54. The van der Waals surface area contributed by atoms with E-state index >= 15 is 0 Å². The molecule has 3 heterocycles. The number of aromatic nitrogens is 6. The average Bonchev–Trinajstić information content (AvgIpc) is 3.56. The molecule has 0 aliphatic carbocycles. The van der Waals surface area contributed by atoms with Crippen LogP contribution in [0.3, 0.4) is 0 Å². The molecule has 9 heteroatoms. The van der Waals surface area contributed by atoms with E-state index in [0.29, 0.717) is 19.0 Å². The summed E-state index contributed by atoms with van der Waals surface area (Å²) in [6.07, 6.45) is 0. The molecule has 6 aromatic rings. The monoisotopic (exact) mass is 466 g/mol. The molecule has 3 aromatic heterocycles. The summed E-state index contributed by atoms with van der Waals surface area (Å²) in [5.74, 6) is 2.13. The van der Waals surface area contributed by atoms with E-state index < -0.39 is 0 Å². The molecule has 0 atom stereocenters. The van der Waals surface area contributed by atoms with Crippen LogP contribution < -0.4 is 9.47 Å². The summed E-state index contributed by atoms with van der Waals surface area (Å²) in [7, 11) is 0. The molecule has 8 nitrogen and oxygen atoms in total. The lowest BCUT2D eigenvalue weighted by Crippen LogP contribution is -1.99. The van der Waals surface area contributed by atoms with Gasteiger partial charge in [0.25, 0.3) is 0 Å². The minimum Gasteiger partial charge on any atom is -0.489 e. The topological polar surface area (TPSA) is 98.7 Å². The zero-order valence-electron chi connectivity index (χ0n) is 17.9. The molecule has 0 bridgehead atoms. The molecule has 34 heavy (non-hydrogen) atoms. The lowest BCUT2D eigenvalue weighted by molar-refractivity contribution is 0.298. The van der Waals surface area contributed by atoms with Crippen LogP contribution in [0.25, 0.3) is 32.0 Å². The fourth-order valence-corrected chi connectivity index (χ4v) is 4.47. The first kappa shape index (κ1) is 20.3. The number of hydrogen-bond donors (Lipinski definition) is 1. The Morgan fingerprint density at radius 2 is 1.62 bits per heavy atom. The average molecular weight is 467 g/mol. The number of hydrogen-bond acceptors (Lipinski definition) is 8. The molecule has 3 aromatic carbocycles. The molecule has 166 valence electrons. The maximum absolute atomic E-state index is 5.99. The van der Waals surface area contributed by atoms with Gasteiger partial charge in [-0.15, -0.1) is 16.4 Å². The number of thiazole rings is 1. The van der Waals surface area contributed by atoms with Gasteiger partial charge in [-0.3, -0.25) is 0 Å². The molecule has 6 rings (SSSR count). The van der Waals surface area contributed by atoms with Crippen molar-refractivity contribution in [3.8, 4) is 22.3 Å². The van der Waals surface area contributed by atoms with Crippen molar-refractivity contribution in [3.63, 3.8) is 0 Å². The quantitative estimate of drug-likeness (QED) is 0.346. The Morgan fingerprint density at radius 1 is 0.765 bits per heavy atom. The second kappa shape index (κ2) is 8.87. The number of nitrogens with one attached hydrogen (secondary N) is 1. The van der Waals surface area contributed by atoms with Crippen LogP contribution >= 0.6 is 11.3 Å². The highest BCUT2D eigenvalue weighted by Crippen LogP contribution is 2.30. The lowest BCUT2D eigenvalue weighted by Gasteiger charge is -2.09. The van der Waals surface area contributed by atoms with Gasteiger partial charge in [0, 0.05) is 5.39 Å². The normalized spacial score (nSPS) is 11.2. The molecule has 0 aliphatic heterocycles. The van der Waals surface area contributed by atoms with E-state index in [4.69, 9.17) is 9.47 Å². The van der Waals surface area contributed by atoms with E-state index in [0.717, 1.165) is 48.9 Å². The number of para-hydroxylation sites is 1. The molecule has 0 unspecified atom stereocenters. The number of benzene rings is 3. The van der Waals surface area contributed by atoms with E-state index in [1.54, 1.807) is 0 Å². The minimum absolute atomic E-state index is 0.418. The van der Waals surface area contributed by atoms with Gasteiger partial charge in [-0.1, -0.05) is 36.4 Å². The first-order valence-electron chi connectivity index (χ1n) is 10.6. The second-order valence-electron chi connectivity index (χ2n) is 7.61. The number of H-pyrrole nitrogens is 1. The molecule has 0 saturated heterocycles. The predicted octanol–water partition coefficient (Wildman–Crippen LogP) is 5.18. The Labute approximate surface area is 198 Å². The first-order chi connectivity index (χ1) is 16.8. The van der Waals surface area contributed by atoms with Crippen molar-refractivity contribution in [3.05, 3.63) is 90.1 Å². The Kier molecular flexibility index (Phi) is 5.29. The molecule has 0 radical (unpaired) electrons. The smallest absolute Gasteiger partial charge is 0.208 e. The van der Waals surface area contributed by atoms with Gasteiger partial charge in [0.05, 0.1) is 21.4 Å². The third-order valence-electron chi connectivity index (χ3n) is 5.28. The van der Waals surface area contributed by atoms with Crippen LogP contribution in [0.15, 0.2) is 78.9 Å². The SMILES string of the molecule is c1ccc2nc(COc3ccc(COc4ccc5nc(-c6nnn[nH]6)sc5c4)cc3)ccc2c1. The number of aromatic amines is 1. The summed E-state index contributed by atoms with van der Waals surface area (Å²) < 4.78 is 12.9. The van der Waals surface area contributed by atoms with Crippen molar-refractivity contribution in [1.82, 2.24) is 30.6 Å². The number of nitrogens with zero attached hydrogens (tertiary/aromatic N) is 5. The standard InChI is InChI=1S/C25H18N6O2S/c1-2-4-21-17(3-1)7-8-18(26-21)15-33-19-9-5-16(6-10-19)14-32-20-11-12-22-23(13-20)34-25(27-22)24-28-30-31-29-24/h1-13H,14-15H2,(H,28,29,30,31). The van der Waals surface area contributed by atoms with Crippen molar-refractivity contribution < 1.29 is 9.47 Å². The van der Waals surface area contributed by atoms with Crippen LogP contribution in [0.1, 0.15) is 11.3 Å². The summed E-state index contributed by atoms with van der Waals surface area (Å²) in [4.78, 5) is 9.20. The summed E-state index contributed by atoms with van der Waals surface area (Å²) >= 11 is 1.51. The number of pyridine rings is 1. The van der Waals surface area contributed by atoms with E-state index in [-0.39, 0.29) is 0 Å². The van der Waals surface area contributed by atoms with Crippen molar-refractivity contribution in [2.45, 2.75) is 13.2 Å². The van der Waals surface area contributed by atoms with Crippen molar-refractivity contribution in [1.29, 1.82) is 0 Å². The summed E-state index contributed by atoms with van der Waals surface area (Å²) in [6.45, 7) is 0.872. The molecule has 1 N–H and O–H groups in total. The highest BCUT2D eigenvalue weighted by Gasteiger charge is 2.10. The van der Waals surface area contributed by atoms with Crippen LogP contribution in [0.2, 0.25) is 0 Å². The zero-order valence-corrected chi connectivity index (χ0v) is 18.7. The Balaban J connectivity index is 1.07. The molecule has 0 amide bonds. The Hall–Kier alpha value is -4.37. The zero-order chi connectivity index (χ0) is 22.7. The van der Waals surface area contributed by atoms with Gasteiger partial charge in [0.15, 0.2) is 5.01 Å². The third kappa shape index (κ3) is 4.28. The number of ether oxygens (including phenoxy) is 2. The molecular weight excluding hydrogens is 448 g/mol. The van der Waals surface area contributed by atoms with Gasteiger partial charge in [-0.2, -0.15) is 0 Å². The van der Waals surface area contributed by atoms with Gasteiger partial charge in [-0.05, 0) is 58.5 Å². The van der Waals surface area contributed by atoms with Gasteiger partial charge in [0.1, 0.15) is 24.7 Å². The van der Waals surface area contributed by atoms with Crippen LogP contribution in [0.4, 0.5) is 0 Å². The second-order valence-corrected chi connectivity index (χ2v) is 8.65. The Bertz CT molecular complexity index is 1560. The van der Waals surface area contributed by atoms with Crippen LogP contribution in [-0.4, -0.2) is 30.6 Å². The van der Waals surface area contributed by atoms with Gasteiger partial charge in [0.2, 0.25) is 5.82 Å². The van der Waals surface area contributed by atoms with E-state index in [2.05, 4.69) is 42.7 Å². The fraction of sp³-hybridized carbons (Fsp3) is 0.0800. The molecular formula is C25H18N6O2S. The number of fused-ring (bicyclic) bond motifs is 2.